The summed E-state index contributed by atoms with van der Waals surface area (Å²) in [5.74, 6) is 0.535. The van der Waals surface area contributed by atoms with Crippen molar-refractivity contribution in [3.63, 3.8) is 0 Å². The van der Waals surface area contributed by atoms with Crippen LogP contribution in [0.1, 0.15) is 33.9 Å². The van der Waals surface area contributed by atoms with Gasteiger partial charge in [-0.15, -0.1) is 0 Å². The Hall–Kier alpha value is -2.59. The highest BCUT2D eigenvalue weighted by Gasteiger charge is 2.17. The Morgan fingerprint density at radius 1 is 0.929 bits per heavy atom. The molecule has 0 spiro atoms. The SMILES string of the molecule is Cc1ccc(C(NC(=O)COc2cc(C)c(Br)c(C)c2)c2ccccc2)cc1. The Morgan fingerprint density at radius 2 is 1.50 bits per heavy atom. The van der Waals surface area contributed by atoms with Gasteiger partial charge in [-0.3, -0.25) is 4.79 Å². The summed E-state index contributed by atoms with van der Waals surface area (Å²) in [6.07, 6.45) is 0. The second-order valence-corrected chi connectivity index (χ2v) is 7.77. The largest absolute Gasteiger partial charge is 0.484 e. The van der Waals surface area contributed by atoms with E-state index in [2.05, 4.69) is 52.4 Å². The van der Waals surface area contributed by atoms with Gasteiger partial charge in [0.2, 0.25) is 0 Å². The molecular formula is C24H24BrNO2. The van der Waals surface area contributed by atoms with Crippen molar-refractivity contribution in [3.05, 3.63) is 99.0 Å². The Morgan fingerprint density at radius 3 is 2.11 bits per heavy atom. The van der Waals surface area contributed by atoms with Crippen LogP contribution in [0.3, 0.4) is 0 Å². The van der Waals surface area contributed by atoms with Crippen LogP contribution >= 0.6 is 15.9 Å². The standard InChI is InChI=1S/C24H24BrNO2/c1-16-9-11-20(12-10-16)24(19-7-5-4-6-8-19)26-22(27)15-28-21-13-17(2)23(25)18(3)14-21/h4-14,24H,15H2,1-3H3,(H,26,27). The highest BCUT2D eigenvalue weighted by molar-refractivity contribution is 9.10. The Bertz CT molecular complexity index is 929. The molecule has 0 aliphatic rings. The number of benzene rings is 3. The summed E-state index contributed by atoms with van der Waals surface area (Å²) in [7, 11) is 0. The van der Waals surface area contributed by atoms with Crippen molar-refractivity contribution < 1.29 is 9.53 Å². The van der Waals surface area contributed by atoms with Crippen LogP contribution < -0.4 is 10.1 Å². The average molecular weight is 438 g/mol. The van der Waals surface area contributed by atoms with E-state index in [0.29, 0.717) is 5.75 Å². The maximum Gasteiger partial charge on any atom is 0.258 e. The maximum atomic E-state index is 12.6. The van der Waals surface area contributed by atoms with Crippen LogP contribution in [0.4, 0.5) is 0 Å². The molecule has 1 unspecified atom stereocenters. The third kappa shape index (κ3) is 5.02. The molecule has 0 fully saturated rings. The van der Waals surface area contributed by atoms with E-state index in [1.54, 1.807) is 0 Å². The molecule has 28 heavy (non-hydrogen) atoms. The lowest BCUT2D eigenvalue weighted by atomic mass is 9.98. The van der Waals surface area contributed by atoms with Gasteiger partial charge >= 0.3 is 0 Å². The summed E-state index contributed by atoms with van der Waals surface area (Å²) in [6.45, 7) is 6.03. The lowest BCUT2D eigenvalue weighted by Gasteiger charge is -2.20. The van der Waals surface area contributed by atoms with Crippen molar-refractivity contribution in [1.29, 1.82) is 0 Å². The van der Waals surface area contributed by atoms with Crippen LogP contribution in [0.25, 0.3) is 0 Å². The van der Waals surface area contributed by atoms with Gasteiger partial charge in [0, 0.05) is 4.47 Å². The smallest absolute Gasteiger partial charge is 0.258 e. The summed E-state index contributed by atoms with van der Waals surface area (Å²) in [4.78, 5) is 12.6. The van der Waals surface area contributed by atoms with Crippen LogP contribution in [0.2, 0.25) is 0 Å². The lowest BCUT2D eigenvalue weighted by Crippen LogP contribution is -2.33. The number of halogens is 1. The van der Waals surface area contributed by atoms with E-state index in [4.69, 9.17) is 4.74 Å². The summed E-state index contributed by atoms with van der Waals surface area (Å²) in [6, 6.07) is 21.8. The molecule has 0 saturated heterocycles. The van der Waals surface area contributed by atoms with Gasteiger partial charge in [-0.2, -0.15) is 0 Å². The molecule has 3 aromatic rings. The molecule has 144 valence electrons. The zero-order valence-electron chi connectivity index (χ0n) is 16.3. The molecule has 0 aliphatic carbocycles. The summed E-state index contributed by atoms with van der Waals surface area (Å²) in [5.41, 5.74) is 5.43. The number of carbonyl (C=O) groups excluding carboxylic acids is 1. The van der Waals surface area contributed by atoms with Crippen LogP contribution in [-0.2, 0) is 4.79 Å². The first-order chi connectivity index (χ1) is 13.4. The van der Waals surface area contributed by atoms with E-state index >= 15 is 0 Å². The third-order valence-corrected chi connectivity index (χ3v) is 5.88. The highest BCUT2D eigenvalue weighted by Crippen LogP contribution is 2.26. The fourth-order valence-corrected chi connectivity index (χ4v) is 3.33. The molecule has 3 aromatic carbocycles. The first kappa shape index (κ1) is 20.2. The molecule has 0 aliphatic heterocycles. The van der Waals surface area contributed by atoms with Crippen molar-refractivity contribution in [3.8, 4) is 5.75 Å². The van der Waals surface area contributed by atoms with Crippen molar-refractivity contribution in [2.45, 2.75) is 26.8 Å². The van der Waals surface area contributed by atoms with Gasteiger partial charge in [0.05, 0.1) is 6.04 Å². The zero-order chi connectivity index (χ0) is 20.1. The molecule has 1 N–H and O–H groups in total. The number of hydrogen-bond donors (Lipinski definition) is 1. The lowest BCUT2D eigenvalue weighted by molar-refractivity contribution is -0.123. The van der Waals surface area contributed by atoms with E-state index < -0.39 is 0 Å². The van der Waals surface area contributed by atoms with Crippen LogP contribution in [0.5, 0.6) is 5.75 Å². The molecule has 0 heterocycles. The van der Waals surface area contributed by atoms with Gasteiger partial charge < -0.3 is 10.1 Å². The molecular weight excluding hydrogens is 414 g/mol. The van der Waals surface area contributed by atoms with Crippen LogP contribution in [0.15, 0.2) is 71.2 Å². The van der Waals surface area contributed by atoms with Gasteiger partial charge in [0.15, 0.2) is 6.61 Å². The first-order valence-electron chi connectivity index (χ1n) is 9.24. The predicted octanol–water partition coefficient (Wildman–Crippen LogP) is 5.66. The fourth-order valence-electron chi connectivity index (χ4n) is 3.10. The quantitative estimate of drug-likeness (QED) is 0.540. The Labute approximate surface area is 174 Å². The maximum absolute atomic E-state index is 12.6. The Balaban J connectivity index is 1.73. The molecule has 0 radical (unpaired) electrons. The third-order valence-electron chi connectivity index (χ3n) is 4.63. The van der Waals surface area contributed by atoms with Crippen molar-refractivity contribution in [2.75, 3.05) is 6.61 Å². The van der Waals surface area contributed by atoms with Crippen molar-refractivity contribution >= 4 is 21.8 Å². The van der Waals surface area contributed by atoms with E-state index in [1.807, 2.05) is 56.3 Å². The predicted molar refractivity (Wildman–Crippen MR) is 117 cm³/mol. The summed E-state index contributed by atoms with van der Waals surface area (Å²) < 4.78 is 6.81. The molecule has 0 saturated carbocycles. The number of rotatable bonds is 6. The van der Waals surface area contributed by atoms with E-state index in [9.17, 15) is 4.79 Å². The molecule has 0 aromatic heterocycles. The zero-order valence-corrected chi connectivity index (χ0v) is 17.9. The van der Waals surface area contributed by atoms with Gasteiger partial charge in [-0.25, -0.2) is 0 Å². The van der Waals surface area contributed by atoms with Crippen molar-refractivity contribution in [2.24, 2.45) is 0 Å². The van der Waals surface area contributed by atoms with Gasteiger partial charge in [-0.1, -0.05) is 76.1 Å². The van der Waals surface area contributed by atoms with Gasteiger partial charge in [0.1, 0.15) is 5.75 Å². The number of carbonyl (C=O) groups is 1. The molecule has 0 bridgehead atoms. The van der Waals surface area contributed by atoms with E-state index in [-0.39, 0.29) is 18.6 Å². The molecule has 1 amide bonds. The minimum absolute atomic E-state index is 0.0320. The molecule has 3 rings (SSSR count). The topological polar surface area (TPSA) is 38.3 Å². The number of hydrogen-bond acceptors (Lipinski definition) is 2. The highest BCUT2D eigenvalue weighted by atomic mass is 79.9. The minimum atomic E-state index is -0.216. The summed E-state index contributed by atoms with van der Waals surface area (Å²) >= 11 is 3.55. The second kappa shape index (κ2) is 9.07. The van der Waals surface area contributed by atoms with Gasteiger partial charge in [-0.05, 0) is 55.2 Å². The monoisotopic (exact) mass is 437 g/mol. The minimum Gasteiger partial charge on any atom is -0.484 e. The van der Waals surface area contributed by atoms with Crippen molar-refractivity contribution in [1.82, 2.24) is 5.32 Å². The normalized spacial score (nSPS) is 11.7. The van der Waals surface area contributed by atoms with Crippen LogP contribution in [-0.4, -0.2) is 12.5 Å². The fraction of sp³-hybridized carbons (Fsp3) is 0.208. The second-order valence-electron chi connectivity index (χ2n) is 6.98. The van der Waals surface area contributed by atoms with Crippen LogP contribution in [0, 0.1) is 20.8 Å². The molecule has 1 atom stereocenters. The number of nitrogens with one attached hydrogen (secondary N) is 1. The number of aryl methyl sites for hydroxylation is 3. The molecule has 3 nitrogen and oxygen atoms in total. The van der Waals surface area contributed by atoms with E-state index in [1.165, 1.54) is 5.56 Å². The summed E-state index contributed by atoms with van der Waals surface area (Å²) in [5, 5.41) is 3.11. The average Bonchev–Trinajstić information content (AvgIpc) is 2.70. The van der Waals surface area contributed by atoms with Gasteiger partial charge in [0.25, 0.3) is 5.91 Å². The van der Waals surface area contributed by atoms with E-state index in [0.717, 1.165) is 26.7 Å². The Kier molecular flexibility index (Phi) is 6.53. The first-order valence-corrected chi connectivity index (χ1v) is 10.0. The number of amides is 1. The number of ether oxygens (including phenoxy) is 1. The molecule has 4 heteroatoms.